The van der Waals surface area contributed by atoms with Crippen LogP contribution in [-0.2, 0) is 33.3 Å². The highest BCUT2D eigenvalue weighted by Crippen LogP contribution is 2.17. The second-order valence-electron chi connectivity index (χ2n) is 24.4. The maximum Gasteiger partial charge on any atom is 0.306 e. The summed E-state index contributed by atoms with van der Waals surface area (Å²) < 4.78 is 22.8. The van der Waals surface area contributed by atoms with Gasteiger partial charge in [0.05, 0.1) is 40.3 Å². The number of aliphatic carboxylic acids is 1. The molecule has 0 aromatic rings. The quantitative estimate of drug-likeness (QED) is 0.0195. The summed E-state index contributed by atoms with van der Waals surface area (Å²) >= 11 is 0. The van der Waals surface area contributed by atoms with Gasteiger partial charge in [0.2, 0.25) is 0 Å². The van der Waals surface area contributed by atoms with Gasteiger partial charge in [0.15, 0.2) is 12.4 Å². The zero-order valence-electron chi connectivity index (χ0n) is 54.8. The Kier molecular flexibility index (Phi) is 61.7. The number of carbonyl (C=O) groups excluding carboxylic acids is 3. The largest absolute Gasteiger partial charge is 0.545 e. The molecule has 0 amide bonds. The zero-order valence-corrected chi connectivity index (χ0v) is 54.8. The Morgan fingerprint density at radius 2 is 0.687 bits per heavy atom. The number of hydrogen-bond donors (Lipinski definition) is 0. The Morgan fingerprint density at radius 1 is 0.373 bits per heavy atom. The third-order valence-electron chi connectivity index (χ3n) is 15.1. The number of nitrogens with zero attached hydrogens (tertiary/aromatic N) is 1. The fraction of sp³-hybridized carbons (Fsp3) is 0.770. The summed E-state index contributed by atoms with van der Waals surface area (Å²) in [7, 11) is 5.93. The van der Waals surface area contributed by atoms with Gasteiger partial charge in [0.25, 0.3) is 0 Å². The third kappa shape index (κ3) is 65.9. The lowest BCUT2D eigenvalue weighted by atomic mass is 10.0. The fourth-order valence-electron chi connectivity index (χ4n) is 9.83. The molecule has 0 saturated carbocycles. The fourth-order valence-corrected chi connectivity index (χ4v) is 9.83. The normalized spacial score (nSPS) is 13.2. The van der Waals surface area contributed by atoms with Crippen molar-refractivity contribution in [1.82, 2.24) is 0 Å². The van der Waals surface area contributed by atoms with E-state index in [4.69, 9.17) is 18.9 Å². The number of esters is 2. The first-order chi connectivity index (χ1) is 40.6. The molecule has 0 N–H and O–H groups in total. The molecule has 480 valence electrons. The van der Waals surface area contributed by atoms with Crippen molar-refractivity contribution in [2.45, 2.75) is 322 Å². The maximum absolute atomic E-state index is 12.9. The Balaban J connectivity index is 4.13. The SMILES string of the molecule is CC/C=C\C/C=C\C/C=C\C/C=C\C/C=C\C/C=C\CCCCCCCCCCC(=O)OC(COC(=O)CCCCCCCCCCCCCCCCCCCCC/C=C\CCCCCCCCCC)COC(OCC[N+](C)(C)C)C(=O)[O-]. The minimum absolute atomic E-state index is 0.143. The highest BCUT2D eigenvalue weighted by Gasteiger charge is 2.22. The van der Waals surface area contributed by atoms with E-state index < -0.39 is 24.3 Å². The number of hydrogen-bond acceptors (Lipinski definition) is 8. The Hall–Kier alpha value is -3.53. The van der Waals surface area contributed by atoms with Gasteiger partial charge in [-0.15, -0.1) is 0 Å². The van der Waals surface area contributed by atoms with Crippen molar-refractivity contribution >= 4 is 17.9 Å². The molecular formula is C74H131NO8. The zero-order chi connectivity index (χ0) is 60.5. The van der Waals surface area contributed by atoms with Gasteiger partial charge < -0.3 is 33.3 Å². The molecule has 0 spiro atoms. The van der Waals surface area contributed by atoms with E-state index in [2.05, 4.69) is 98.9 Å². The lowest BCUT2D eigenvalue weighted by Gasteiger charge is -2.26. The lowest BCUT2D eigenvalue weighted by molar-refractivity contribution is -0.870. The highest BCUT2D eigenvalue weighted by atomic mass is 16.7. The van der Waals surface area contributed by atoms with Crippen LogP contribution in [0.4, 0.5) is 0 Å². The van der Waals surface area contributed by atoms with Crippen LogP contribution in [0.2, 0.25) is 0 Å². The summed E-state index contributed by atoms with van der Waals surface area (Å²) in [5.41, 5.74) is 0. The summed E-state index contributed by atoms with van der Waals surface area (Å²) in [6.45, 7) is 4.66. The Bertz CT molecular complexity index is 1640. The van der Waals surface area contributed by atoms with Crippen molar-refractivity contribution in [1.29, 1.82) is 0 Å². The molecule has 0 aliphatic carbocycles. The monoisotopic (exact) mass is 1160 g/mol. The molecular weight excluding hydrogens is 1030 g/mol. The summed E-state index contributed by atoms with van der Waals surface area (Å²) in [5, 5.41) is 11.8. The van der Waals surface area contributed by atoms with Gasteiger partial charge in [-0.25, -0.2) is 0 Å². The van der Waals surface area contributed by atoms with Gasteiger partial charge in [0.1, 0.15) is 13.2 Å². The molecule has 0 aliphatic rings. The Labute approximate surface area is 512 Å². The minimum atomic E-state index is -1.63. The van der Waals surface area contributed by atoms with E-state index in [1.807, 2.05) is 21.1 Å². The van der Waals surface area contributed by atoms with Crippen LogP contribution in [0.15, 0.2) is 85.1 Å². The van der Waals surface area contributed by atoms with Crippen LogP contribution in [0.5, 0.6) is 0 Å². The van der Waals surface area contributed by atoms with Crippen LogP contribution in [-0.4, -0.2) is 82.3 Å². The van der Waals surface area contributed by atoms with Crippen LogP contribution < -0.4 is 5.11 Å². The average Bonchev–Trinajstić information content (AvgIpc) is 3.46. The first kappa shape index (κ1) is 79.5. The molecule has 0 radical (unpaired) electrons. The molecule has 0 fully saturated rings. The molecule has 0 aliphatic heterocycles. The van der Waals surface area contributed by atoms with E-state index in [9.17, 15) is 19.5 Å². The summed E-state index contributed by atoms with van der Waals surface area (Å²) in [6.07, 6.45) is 83.8. The maximum atomic E-state index is 12.9. The van der Waals surface area contributed by atoms with Crippen molar-refractivity contribution in [3.8, 4) is 0 Å². The molecule has 83 heavy (non-hydrogen) atoms. The lowest BCUT2D eigenvalue weighted by Crippen LogP contribution is -2.44. The summed E-state index contributed by atoms with van der Waals surface area (Å²) in [6, 6.07) is 0. The molecule has 9 heteroatoms. The predicted octanol–water partition coefficient (Wildman–Crippen LogP) is 20.1. The summed E-state index contributed by atoms with van der Waals surface area (Å²) in [4.78, 5) is 37.5. The number of quaternary nitrogens is 1. The van der Waals surface area contributed by atoms with Crippen LogP contribution >= 0.6 is 0 Å². The minimum Gasteiger partial charge on any atom is -0.545 e. The van der Waals surface area contributed by atoms with Crippen molar-refractivity contribution in [2.24, 2.45) is 0 Å². The van der Waals surface area contributed by atoms with E-state index >= 15 is 0 Å². The smallest absolute Gasteiger partial charge is 0.306 e. The molecule has 2 unspecified atom stereocenters. The van der Waals surface area contributed by atoms with Crippen molar-refractivity contribution in [2.75, 3.05) is 47.5 Å². The van der Waals surface area contributed by atoms with Crippen LogP contribution in [0.1, 0.15) is 309 Å². The van der Waals surface area contributed by atoms with Gasteiger partial charge in [0, 0.05) is 12.8 Å². The molecule has 0 aromatic heterocycles. The van der Waals surface area contributed by atoms with E-state index in [-0.39, 0.29) is 32.2 Å². The average molecular weight is 1160 g/mol. The van der Waals surface area contributed by atoms with Crippen LogP contribution in [0, 0.1) is 0 Å². The van der Waals surface area contributed by atoms with Crippen LogP contribution in [0.25, 0.3) is 0 Å². The predicted molar refractivity (Wildman–Crippen MR) is 352 cm³/mol. The van der Waals surface area contributed by atoms with E-state index in [0.717, 1.165) is 83.5 Å². The topological polar surface area (TPSA) is 111 Å². The van der Waals surface area contributed by atoms with Crippen molar-refractivity contribution in [3.63, 3.8) is 0 Å². The number of allylic oxidation sites excluding steroid dienone is 14. The number of carbonyl (C=O) groups is 3. The number of unbranched alkanes of at least 4 members (excludes halogenated alkanes) is 35. The van der Waals surface area contributed by atoms with Crippen molar-refractivity contribution < 1.29 is 42.9 Å². The van der Waals surface area contributed by atoms with E-state index in [1.165, 1.54) is 193 Å². The van der Waals surface area contributed by atoms with E-state index in [1.54, 1.807) is 0 Å². The number of carboxylic acids is 1. The third-order valence-corrected chi connectivity index (χ3v) is 15.1. The second kappa shape index (κ2) is 64.5. The highest BCUT2D eigenvalue weighted by molar-refractivity contribution is 5.70. The van der Waals surface area contributed by atoms with E-state index in [0.29, 0.717) is 23.9 Å². The van der Waals surface area contributed by atoms with Gasteiger partial charge >= 0.3 is 11.9 Å². The van der Waals surface area contributed by atoms with Gasteiger partial charge in [-0.2, -0.15) is 0 Å². The standard InChI is InChI=1S/C74H131NO8/c1-6-8-10-12-14-16-18-20-22-24-26-28-30-32-34-35-36-37-39-40-42-44-46-48-50-52-54-56-58-60-62-64-71(76)81-68-70(69-82-74(73(78)79)80-67-66-75(3,4)5)83-72(77)65-63-61-59-57-55-53-51-49-47-45-43-41-38-33-31-29-27-25-23-21-19-17-15-13-11-9-7-2/h9,11,15,17,21,23-24,26-27,29,33,38,43,45,70,74H,6-8,10,12-14,16,18-20,22,25,28,30-32,34-37,39-42,44,46-69H2,1-5H3/b11-9-,17-15-,23-21-,26-24-,29-27-,38-33-,45-43-. The summed E-state index contributed by atoms with van der Waals surface area (Å²) in [5.74, 6) is -2.28. The number of likely N-dealkylation sites (N-methyl/N-ethyl adjacent to an activating group) is 1. The number of ether oxygens (including phenoxy) is 4. The van der Waals surface area contributed by atoms with Gasteiger partial charge in [-0.05, 0) is 89.9 Å². The molecule has 0 saturated heterocycles. The molecule has 9 nitrogen and oxygen atoms in total. The molecule has 2 atom stereocenters. The molecule has 0 rings (SSSR count). The second-order valence-corrected chi connectivity index (χ2v) is 24.4. The Morgan fingerprint density at radius 3 is 1.04 bits per heavy atom. The molecule has 0 heterocycles. The number of carboxylic acid groups (broad SMARTS) is 1. The molecule has 0 bridgehead atoms. The number of rotatable bonds is 64. The van der Waals surface area contributed by atoms with Gasteiger partial charge in [-0.1, -0.05) is 292 Å². The van der Waals surface area contributed by atoms with Gasteiger partial charge in [-0.3, -0.25) is 9.59 Å². The first-order valence-electron chi connectivity index (χ1n) is 34.7. The van der Waals surface area contributed by atoms with Crippen LogP contribution in [0.3, 0.4) is 0 Å². The first-order valence-corrected chi connectivity index (χ1v) is 34.7. The molecule has 0 aromatic carbocycles. The van der Waals surface area contributed by atoms with Crippen molar-refractivity contribution in [3.05, 3.63) is 85.1 Å².